The molecule has 98 valence electrons. The fourth-order valence-electron chi connectivity index (χ4n) is 1.39. The van der Waals surface area contributed by atoms with E-state index in [9.17, 15) is 4.39 Å². The zero-order chi connectivity index (χ0) is 13.7. The van der Waals surface area contributed by atoms with Crippen molar-refractivity contribution < 1.29 is 9.23 Å². The predicted octanol–water partition coefficient (Wildman–Crippen LogP) is 4.79. The van der Waals surface area contributed by atoms with Gasteiger partial charge in [0.25, 0.3) is 0 Å². The van der Waals surface area contributed by atoms with Crippen molar-refractivity contribution in [3.63, 3.8) is 0 Å². The minimum atomic E-state index is -0.298. The zero-order valence-corrected chi connectivity index (χ0v) is 12.2. The molecule has 0 aliphatic carbocycles. The minimum absolute atomic E-state index is 0.281. The van der Waals surface area contributed by atoms with Crippen molar-refractivity contribution in [3.05, 3.63) is 68.9 Å². The highest BCUT2D eigenvalue weighted by Gasteiger charge is 2.00. The highest BCUT2D eigenvalue weighted by Crippen LogP contribution is 2.17. The van der Waals surface area contributed by atoms with Crippen LogP contribution in [0, 0.1) is 5.82 Å². The summed E-state index contributed by atoms with van der Waals surface area (Å²) in [6.07, 6.45) is 1.59. The van der Waals surface area contributed by atoms with Gasteiger partial charge in [-0.25, -0.2) is 4.39 Å². The second-order valence-corrected chi connectivity index (χ2v) is 5.10. The third kappa shape index (κ3) is 4.33. The Morgan fingerprint density at radius 3 is 2.63 bits per heavy atom. The van der Waals surface area contributed by atoms with Crippen LogP contribution in [0.15, 0.2) is 52.1 Å². The van der Waals surface area contributed by atoms with Crippen molar-refractivity contribution in [2.24, 2.45) is 5.16 Å². The molecule has 0 heterocycles. The summed E-state index contributed by atoms with van der Waals surface area (Å²) in [5.74, 6) is -0.298. The van der Waals surface area contributed by atoms with Crippen LogP contribution >= 0.6 is 27.5 Å². The summed E-state index contributed by atoms with van der Waals surface area (Å²) in [6.45, 7) is 0.281. The smallest absolute Gasteiger partial charge is 0.142 e. The first-order chi connectivity index (χ1) is 9.15. The number of nitrogens with zero attached hydrogens (tertiary/aromatic N) is 1. The van der Waals surface area contributed by atoms with Gasteiger partial charge in [0.05, 0.1) is 10.7 Å². The van der Waals surface area contributed by atoms with E-state index in [0.717, 1.165) is 11.1 Å². The summed E-state index contributed by atoms with van der Waals surface area (Å²) in [5, 5.41) is 4.52. The molecule has 0 aliphatic rings. The molecule has 0 amide bonds. The van der Waals surface area contributed by atoms with E-state index in [1.807, 2.05) is 12.1 Å². The molecule has 5 heteroatoms. The van der Waals surface area contributed by atoms with Crippen LogP contribution in [0.25, 0.3) is 0 Å². The van der Waals surface area contributed by atoms with Crippen LogP contribution in [0.3, 0.4) is 0 Å². The van der Waals surface area contributed by atoms with Gasteiger partial charge in [-0.05, 0) is 51.3 Å². The maximum atomic E-state index is 13.0. The van der Waals surface area contributed by atoms with Gasteiger partial charge in [0.15, 0.2) is 0 Å². The molecule has 0 fully saturated rings. The largest absolute Gasteiger partial charge is 0.391 e. The second-order valence-electron chi connectivity index (χ2n) is 3.81. The summed E-state index contributed by atoms with van der Waals surface area (Å²) < 4.78 is 13.4. The Morgan fingerprint density at radius 1 is 1.21 bits per heavy atom. The van der Waals surface area contributed by atoms with Gasteiger partial charge in [-0.1, -0.05) is 35.0 Å². The lowest BCUT2D eigenvalue weighted by molar-refractivity contribution is 0.132. The summed E-state index contributed by atoms with van der Waals surface area (Å²) in [5.41, 5.74) is 1.73. The fourth-order valence-corrected chi connectivity index (χ4v) is 1.94. The van der Waals surface area contributed by atoms with Gasteiger partial charge < -0.3 is 4.84 Å². The molecule has 2 rings (SSSR count). The SMILES string of the molecule is Fc1ccc(CO/N=C/c2ccc(Cl)cc2)cc1Br. The molecule has 2 aromatic carbocycles. The van der Waals surface area contributed by atoms with Gasteiger partial charge in [-0.2, -0.15) is 0 Å². The molecule has 0 aliphatic heterocycles. The first-order valence-electron chi connectivity index (χ1n) is 5.50. The first-order valence-corrected chi connectivity index (χ1v) is 6.67. The monoisotopic (exact) mass is 341 g/mol. The van der Waals surface area contributed by atoms with E-state index >= 15 is 0 Å². The minimum Gasteiger partial charge on any atom is -0.391 e. The van der Waals surface area contributed by atoms with E-state index in [4.69, 9.17) is 16.4 Å². The van der Waals surface area contributed by atoms with E-state index in [2.05, 4.69) is 21.1 Å². The summed E-state index contributed by atoms with van der Waals surface area (Å²) in [4.78, 5) is 5.14. The van der Waals surface area contributed by atoms with Gasteiger partial charge in [0.1, 0.15) is 12.4 Å². The molecule has 2 nitrogen and oxygen atoms in total. The second kappa shape index (κ2) is 6.68. The van der Waals surface area contributed by atoms with E-state index in [-0.39, 0.29) is 12.4 Å². The van der Waals surface area contributed by atoms with E-state index in [0.29, 0.717) is 9.50 Å². The van der Waals surface area contributed by atoms with Gasteiger partial charge in [-0.3, -0.25) is 0 Å². The average molecular weight is 343 g/mol. The Bertz CT molecular complexity index is 586. The van der Waals surface area contributed by atoms with Gasteiger partial charge >= 0.3 is 0 Å². The topological polar surface area (TPSA) is 21.6 Å². The molecule has 19 heavy (non-hydrogen) atoms. The molecule has 0 radical (unpaired) electrons. The highest BCUT2D eigenvalue weighted by molar-refractivity contribution is 9.10. The molecule has 0 atom stereocenters. The molecule has 0 saturated carbocycles. The zero-order valence-electron chi connectivity index (χ0n) is 9.82. The van der Waals surface area contributed by atoms with E-state index in [1.165, 1.54) is 6.07 Å². The Labute approximate surface area is 124 Å². The molecule has 2 aromatic rings. The quantitative estimate of drug-likeness (QED) is 0.578. The molecular formula is C14H10BrClFNO. The Morgan fingerprint density at radius 2 is 1.95 bits per heavy atom. The van der Waals surface area contributed by atoms with Crippen LogP contribution in [-0.2, 0) is 11.4 Å². The predicted molar refractivity (Wildman–Crippen MR) is 77.9 cm³/mol. The Balaban J connectivity index is 1.89. The van der Waals surface area contributed by atoms with E-state index < -0.39 is 0 Å². The average Bonchev–Trinajstić information content (AvgIpc) is 2.41. The fraction of sp³-hybridized carbons (Fsp3) is 0.0714. The van der Waals surface area contributed by atoms with Crippen LogP contribution in [0.5, 0.6) is 0 Å². The number of hydrogen-bond acceptors (Lipinski definition) is 2. The van der Waals surface area contributed by atoms with Gasteiger partial charge in [-0.15, -0.1) is 0 Å². The van der Waals surface area contributed by atoms with Crippen molar-refractivity contribution in [2.45, 2.75) is 6.61 Å². The molecular weight excluding hydrogens is 333 g/mol. The third-order valence-electron chi connectivity index (χ3n) is 2.36. The van der Waals surface area contributed by atoms with Gasteiger partial charge in [0, 0.05) is 5.02 Å². The summed E-state index contributed by atoms with van der Waals surface area (Å²) in [6, 6.07) is 11.9. The van der Waals surface area contributed by atoms with Gasteiger partial charge in [0.2, 0.25) is 0 Å². The normalized spacial score (nSPS) is 10.9. The van der Waals surface area contributed by atoms with E-state index in [1.54, 1.807) is 30.5 Å². The van der Waals surface area contributed by atoms with Crippen molar-refractivity contribution in [3.8, 4) is 0 Å². The molecule has 0 N–H and O–H groups in total. The molecule has 0 spiro atoms. The highest BCUT2D eigenvalue weighted by atomic mass is 79.9. The van der Waals surface area contributed by atoms with Crippen LogP contribution in [0.4, 0.5) is 4.39 Å². The summed E-state index contributed by atoms with van der Waals surface area (Å²) in [7, 11) is 0. The first kappa shape index (κ1) is 14.0. The van der Waals surface area contributed by atoms with Crippen molar-refractivity contribution >= 4 is 33.7 Å². The van der Waals surface area contributed by atoms with Crippen molar-refractivity contribution in [1.82, 2.24) is 0 Å². The molecule has 0 unspecified atom stereocenters. The number of benzene rings is 2. The van der Waals surface area contributed by atoms with Crippen LogP contribution in [-0.4, -0.2) is 6.21 Å². The maximum Gasteiger partial charge on any atom is 0.142 e. The molecule has 0 aromatic heterocycles. The lowest BCUT2D eigenvalue weighted by atomic mass is 10.2. The lowest BCUT2D eigenvalue weighted by Crippen LogP contribution is -1.89. The number of hydrogen-bond donors (Lipinski definition) is 0. The maximum absolute atomic E-state index is 13.0. The lowest BCUT2D eigenvalue weighted by Gasteiger charge is -2.01. The number of halogens is 3. The molecule has 0 bridgehead atoms. The standard InChI is InChI=1S/C14H10BrClFNO/c15-13-7-11(3-6-14(13)17)9-19-18-8-10-1-4-12(16)5-2-10/h1-8H,9H2/b18-8+. The van der Waals surface area contributed by atoms with Crippen molar-refractivity contribution in [1.29, 1.82) is 0 Å². The van der Waals surface area contributed by atoms with Crippen LogP contribution < -0.4 is 0 Å². The molecule has 0 saturated heterocycles. The Kier molecular flexibility index (Phi) is 4.93. The van der Waals surface area contributed by atoms with Crippen LogP contribution in [0.1, 0.15) is 11.1 Å². The third-order valence-corrected chi connectivity index (χ3v) is 3.22. The summed E-state index contributed by atoms with van der Waals surface area (Å²) >= 11 is 8.89. The number of oxime groups is 1. The number of rotatable bonds is 4. The van der Waals surface area contributed by atoms with Crippen molar-refractivity contribution in [2.75, 3.05) is 0 Å². The van der Waals surface area contributed by atoms with Crippen LogP contribution in [0.2, 0.25) is 5.02 Å². The Hall–Kier alpha value is -1.39.